The lowest BCUT2D eigenvalue weighted by Crippen LogP contribution is -2.25. The van der Waals surface area contributed by atoms with Gasteiger partial charge in [0.15, 0.2) is 21.0 Å². The topological polar surface area (TPSA) is 101 Å². The Bertz CT molecular complexity index is 1220. The molecular weight excluding hydrogens is 476 g/mol. The summed E-state index contributed by atoms with van der Waals surface area (Å²) in [5.74, 6) is -0.522. The van der Waals surface area contributed by atoms with Crippen LogP contribution in [0.1, 0.15) is 31.2 Å². The predicted octanol–water partition coefficient (Wildman–Crippen LogP) is 5.05. The fourth-order valence-corrected chi connectivity index (χ4v) is 4.83. The quantitative estimate of drug-likeness (QED) is 0.437. The third kappa shape index (κ3) is 6.45. The number of rotatable bonds is 9. The summed E-state index contributed by atoms with van der Waals surface area (Å²) in [7, 11) is -3.89. The maximum absolute atomic E-state index is 12.9. The van der Waals surface area contributed by atoms with Gasteiger partial charge in [0.05, 0.1) is 16.5 Å². The standard InChI is InChI=1S/C24H27ClN4O4S/c1-4-29(5-2)19-10-11-20(17(3)14-19)28-24(30)33-22(21-8-6-7-13-26-21)16-34(31,32)23-12-9-18(25)15-27-23/h6-15,22H,4-5,16H2,1-3H3,(H,28,30). The van der Waals surface area contributed by atoms with Crippen molar-refractivity contribution in [2.45, 2.75) is 31.9 Å². The maximum atomic E-state index is 12.9. The van der Waals surface area contributed by atoms with E-state index in [9.17, 15) is 13.2 Å². The highest BCUT2D eigenvalue weighted by Crippen LogP contribution is 2.25. The molecule has 1 atom stereocenters. The summed E-state index contributed by atoms with van der Waals surface area (Å²) >= 11 is 5.82. The zero-order valence-electron chi connectivity index (χ0n) is 19.2. The summed E-state index contributed by atoms with van der Waals surface area (Å²) in [6.07, 6.45) is 0.836. The molecule has 34 heavy (non-hydrogen) atoms. The molecular formula is C24H27ClN4O4S. The van der Waals surface area contributed by atoms with Crippen molar-refractivity contribution in [3.63, 3.8) is 0 Å². The molecule has 0 aliphatic rings. The Morgan fingerprint density at radius 2 is 1.88 bits per heavy atom. The minimum atomic E-state index is -3.89. The van der Waals surface area contributed by atoms with Crippen molar-refractivity contribution in [2.75, 3.05) is 29.1 Å². The molecule has 0 fully saturated rings. The smallest absolute Gasteiger partial charge is 0.412 e. The molecule has 0 saturated heterocycles. The molecule has 1 N–H and O–H groups in total. The van der Waals surface area contributed by atoms with Gasteiger partial charge in [0.2, 0.25) is 0 Å². The summed E-state index contributed by atoms with van der Waals surface area (Å²) in [5, 5.41) is 2.87. The van der Waals surface area contributed by atoms with Crippen LogP contribution in [-0.4, -0.2) is 43.3 Å². The lowest BCUT2D eigenvalue weighted by Gasteiger charge is -2.22. The zero-order chi connectivity index (χ0) is 24.7. The van der Waals surface area contributed by atoms with Gasteiger partial charge in [-0.2, -0.15) is 0 Å². The van der Waals surface area contributed by atoms with Crippen LogP contribution in [0.5, 0.6) is 0 Å². The molecule has 0 bridgehead atoms. The van der Waals surface area contributed by atoms with Gasteiger partial charge >= 0.3 is 6.09 Å². The third-order valence-corrected chi connectivity index (χ3v) is 7.08. The van der Waals surface area contributed by atoms with E-state index in [0.717, 1.165) is 24.3 Å². The molecule has 0 aliphatic heterocycles. The van der Waals surface area contributed by atoms with Crippen molar-refractivity contribution in [2.24, 2.45) is 0 Å². The summed E-state index contributed by atoms with van der Waals surface area (Å²) < 4.78 is 31.4. The first kappa shape index (κ1) is 25.5. The van der Waals surface area contributed by atoms with E-state index in [2.05, 4.69) is 34.0 Å². The molecule has 3 aromatic rings. The number of carbonyl (C=O) groups excluding carboxylic acids is 1. The van der Waals surface area contributed by atoms with Crippen LogP contribution in [0.2, 0.25) is 5.02 Å². The van der Waals surface area contributed by atoms with Crippen molar-refractivity contribution in [1.82, 2.24) is 9.97 Å². The van der Waals surface area contributed by atoms with E-state index in [1.165, 1.54) is 24.5 Å². The van der Waals surface area contributed by atoms with E-state index < -0.39 is 27.8 Å². The van der Waals surface area contributed by atoms with Crippen molar-refractivity contribution in [3.05, 3.63) is 77.2 Å². The number of aryl methyl sites for hydroxylation is 1. The second-order valence-corrected chi connectivity index (χ2v) is 9.96. The summed E-state index contributed by atoms with van der Waals surface area (Å²) in [6.45, 7) is 7.78. The van der Waals surface area contributed by atoms with E-state index in [1.807, 2.05) is 19.1 Å². The highest BCUT2D eigenvalue weighted by molar-refractivity contribution is 7.91. The van der Waals surface area contributed by atoms with Gasteiger partial charge < -0.3 is 9.64 Å². The first-order chi connectivity index (χ1) is 16.2. The molecule has 3 rings (SSSR count). The zero-order valence-corrected chi connectivity index (χ0v) is 20.8. The molecule has 0 aliphatic carbocycles. The summed E-state index contributed by atoms with van der Waals surface area (Å²) in [4.78, 5) is 23.0. The normalized spacial score (nSPS) is 12.1. The van der Waals surface area contributed by atoms with Crippen LogP contribution in [0.4, 0.5) is 16.2 Å². The molecule has 2 heterocycles. The van der Waals surface area contributed by atoms with Crippen molar-refractivity contribution in [3.8, 4) is 0 Å². The van der Waals surface area contributed by atoms with Crippen molar-refractivity contribution in [1.29, 1.82) is 0 Å². The highest BCUT2D eigenvalue weighted by Gasteiger charge is 2.28. The SMILES string of the molecule is CCN(CC)c1ccc(NC(=O)OC(CS(=O)(=O)c2ccc(Cl)cn2)c2ccccn2)c(C)c1. The highest BCUT2D eigenvalue weighted by atomic mass is 35.5. The van der Waals surface area contributed by atoms with Crippen LogP contribution < -0.4 is 10.2 Å². The van der Waals surface area contributed by atoms with E-state index >= 15 is 0 Å². The van der Waals surface area contributed by atoms with Crippen molar-refractivity contribution >= 4 is 38.9 Å². The molecule has 8 nitrogen and oxygen atoms in total. The third-order valence-electron chi connectivity index (χ3n) is 5.23. The van der Waals surface area contributed by atoms with Gasteiger partial charge in [-0.25, -0.2) is 18.2 Å². The van der Waals surface area contributed by atoms with Crippen molar-refractivity contribution < 1.29 is 17.9 Å². The molecule has 0 spiro atoms. The van der Waals surface area contributed by atoms with Crippen LogP contribution in [0.3, 0.4) is 0 Å². The Labute approximate surface area is 204 Å². The van der Waals surface area contributed by atoms with E-state index in [0.29, 0.717) is 16.4 Å². The van der Waals surface area contributed by atoms with Gasteiger partial charge in [-0.05, 0) is 68.8 Å². The Morgan fingerprint density at radius 3 is 2.47 bits per heavy atom. The fourth-order valence-electron chi connectivity index (χ4n) is 3.42. The van der Waals surface area contributed by atoms with Crippen LogP contribution in [0.15, 0.2) is 66.0 Å². The number of hydrogen-bond acceptors (Lipinski definition) is 7. The molecule has 1 unspecified atom stereocenters. The number of pyridine rings is 2. The number of aromatic nitrogens is 2. The number of halogens is 1. The summed E-state index contributed by atoms with van der Waals surface area (Å²) in [6, 6.07) is 13.4. The maximum Gasteiger partial charge on any atom is 0.412 e. The first-order valence-corrected chi connectivity index (χ1v) is 12.8. The van der Waals surface area contributed by atoms with E-state index in [4.69, 9.17) is 16.3 Å². The van der Waals surface area contributed by atoms with E-state index in [-0.39, 0.29) is 5.03 Å². The van der Waals surface area contributed by atoms with Crippen LogP contribution in [0, 0.1) is 6.92 Å². The van der Waals surface area contributed by atoms with Gasteiger partial charge in [-0.15, -0.1) is 0 Å². The average molecular weight is 503 g/mol. The Balaban J connectivity index is 1.79. The number of nitrogens with one attached hydrogen (secondary N) is 1. The number of carbonyl (C=O) groups is 1. The average Bonchev–Trinajstić information content (AvgIpc) is 2.82. The van der Waals surface area contributed by atoms with Gasteiger partial charge in [0, 0.05) is 36.9 Å². The predicted molar refractivity (Wildman–Crippen MR) is 133 cm³/mol. The Morgan fingerprint density at radius 1 is 1.12 bits per heavy atom. The second kappa shape index (κ2) is 11.3. The second-order valence-electron chi connectivity index (χ2n) is 7.54. The van der Waals surface area contributed by atoms with Gasteiger partial charge in [0.25, 0.3) is 0 Å². The number of sulfone groups is 1. The number of amides is 1. The molecule has 180 valence electrons. The van der Waals surface area contributed by atoms with Gasteiger partial charge in [0.1, 0.15) is 0 Å². The number of benzene rings is 1. The van der Waals surface area contributed by atoms with Gasteiger partial charge in [-0.1, -0.05) is 17.7 Å². The Hall–Kier alpha value is -3.17. The number of hydrogen-bond donors (Lipinski definition) is 1. The van der Waals surface area contributed by atoms with Crippen LogP contribution in [-0.2, 0) is 14.6 Å². The van der Waals surface area contributed by atoms with Crippen LogP contribution >= 0.6 is 11.6 Å². The number of ether oxygens (including phenoxy) is 1. The summed E-state index contributed by atoms with van der Waals surface area (Å²) in [5.41, 5.74) is 2.79. The largest absolute Gasteiger partial charge is 0.438 e. The first-order valence-electron chi connectivity index (χ1n) is 10.8. The number of anilines is 2. The molecule has 0 saturated carbocycles. The fraction of sp³-hybridized carbons (Fsp3) is 0.292. The van der Waals surface area contributed by atoms with Crippen LogP contribution in [0.25, 0.3) is 0 Å². The number of nitrogens with zero attached hydrogens (tertiary/aromatic N) is 3. The van der Waals surface area contributed by atoms with E-state index in [1.54, 1.807) is 24.3 Å². The lowest BCUT2D eigenvalue weighted by atomic mass is 10.1. The molecule has 0 radical (unpaired) electrons. The molecule has 1 amide bonds. The lowest BCUT2D eigenvalue weighted by molar-refractivity contribution is 0.120. The molecule has 10 heteroatoms. The molecule has 1 aromatic carbocycles. The monoisotopic (exact) mass is 502 g/mol. The Kier molecular flexibility index (Phi) is 8.46. The molecule has 2 aromatic heterocycles. The van der Waals surface area contributed by atoms with Gasteiger partial charge in [-0.3, -0.25) is 10.3 Å². The minimum absolute atomic E-state index is 0.162. The minimum Gasteiger partial charge on any atom is -0.438 e.